The van der Waals surface area contributed by atoms with Crippen molar-refractivity contribution in [1.82, 2.24) is 0 Å². The van der Waals surface area contributed by atoms with Crippen molar-refractivity contribution in [2.45, 2.75) is 13.8 Å². The highest BCUT2D eigenvalue weighted by molar-refractivity contribution is 6.15. The number of hydrogen-bond acceptors (Lipinski definition) is 5. The molecule has 5 nitrogen and oxygen atoms in total. The van der Waals surface area contributed by atoms with Crippen molar-refractivity contribution >= 4 is 17.8 Å². The molecule has 3 aromatic carbocycles. The van der Waals surface area contributed by atoms with Crippen LogP contribution in [0.1, 0.15) is 27.0 Å². The molecule has 4 rings (SSSR count). The van der Waals surface area contributed by atoms with Gasteiger partial charge in [-0.2, -0.15) is 8.78 Å². The summed E-state index contributed by atoms with van der Waals surface area (Å²) in [7, 11) is 0. The van der Waals surface area contributed by atoms with Crippen molar-refractivity contribution in [3.05, 3.63) is 93.5 Å². The van der Waals surface area contributed by atoms with Gasteiger partial charge in [-0.3, -0.25) is 4.79 Å². The Morgan fingerprint density at radius 2 is 1.54 bits per heavy atom. The van der Waals surface area contributed by atoms with Gasteiger partial charge in [-0.05, 0) is 42.7 Å². The first-order valence-corrected chi connectivity index (χ1v) is 10.1. The van der Waals surface area contributed by atoms with E-state index in [0.717, 1.165) is 11.1 Å². The fourth-order valence-electron chi connectivity index (χ4n) is 3.43. The van der Waals surface area contributed by atoms with Gasteiger partial charge in [0.15, 0.2) is 18.1 Å². The number of fused-ring (bicyclic) bond motifs is 1. The highest BCUT2D eigenvalue weighted by Crippen LogP contribution is 2.38. The Morgan fingerprint density at radius 3 is 2.20 bits per heavy atom. The maximum absolute atomic E-state index is 13.7. The van der Waals surface area contributed by atoms with Gasteiger partial charge in [0.2, 0.25) is 34.9 Å². The molecule has 1 aliphatic rings. The van der Waals surface area contributed by atoms with Crippen molar-refractivity contribution in [1.29, 1.82) is 0 Å². The van der Waals surface area contributed by atoms with Crippen LogP contribution in [-0.2, 0) is 4.79 Å². The van der Waals surface area contributed by atoms with Crippen LogP contribution < -0.4 is 14.2 Å². The monoisotopic (exact) mass is 490 g/mol. The van der Waals surface area contributed by atoms with E-state index in [1.165, 1.54) is 12.1 Å². The second-order valence-corrected chi connectivity index (χ2v) is 7.57. The number of Topliss-reactive ketones (excluding diaryl/α,β-unsaturated/α-hetero) is 1. The number of ether oxygens (including phenoxy) is 3. The summed E-state index contributed by atoms with van der Waals surface area (Å²) in [5.74, 6) is -14.3. The van der Waals surface area contributed by atoms with E-state index < -0.39 is 47.4 Å². The SMILES string of the molecule is Cc1ccccc1/C=C1\Oc2cc(OC(=O)COc3c(F)c(F)c(F)c(F)c3F)cc(C)c2C1=O. The number of hydrogen-bond donors (Lipinski definition) is 0. The smallest absolute Gasteiger partial charge is 0.349 e. The predicted octanol–water partition coefficient (Wildman–Crippen LogP) is 5.60. The highest BCUT2D eigenvalue weighted by Gasteiger charge is 2.31. The summed E-state index contributed by atoms with van der Waals surface area (Å²) in [6, 6.07) is 9.96. The minimum absolute atomic E-state index is 0.0653. The lowest BCUT2D eigenvalue weighted by Crippen LogP contribution is -2.19. The Kier molecular flexibility index (Phi) is 6.29. The van der Waals surface area contributed by atoms with Crippen molar-refractivity contribution in [3.63, 3.8) is 0 Å². The number of allylic oxidation sites excluding steroid dienone is 1. The van der Waals surface area contributed by atoms with Crippen LogP contribution in [0.25, 0.3) is 6.08 Å². The first kappa shape index (κ1) is 23.9. The van der Waals surface area contributed by atoms with Gasteiger partial charge in [-0.1, -0.05) is 24.3 Å². The van der Waals surface area contributed by atoms with Gasteiger partial charge in [0, 0.05) is 6.07 Å². The maximum atomic E-state index is 13.7. The fraction of sp³-hybridized carbons (Fsp3) is 0.120. The Labute approximate surface area is 195 Å². The number of esters is 1. The molecule has 1 aliphatic heterocycles. The number of rotatable bonds is 5. The van der Waals surface area contributed by atoms with Crippen molar-refractivity contribution < 1.29 is 45.8 Å². The van der Waals surface area contributed by atoms with E-state index in [1.807, 2.05) is 31.2 Å². The minimum atomic E-state index is -2.35. The first-order chi connectivity index (χ1) is 16.6. The molecular formula is C25H15F5O5. The van der Waals surface area contributed by atoms with E-state index in [0.29, 0.717) is 5.56 Å². The topological polar surface area (TPSA) is 61.8 Å². The molecule has 0 N–H and O–H groups in total. The van der Waals surface area contributed by atoms with Crippen LogP contribution in [0.5, 0.6) is 17.2 Å². The molecule has 0 bridgehead atoms. The molecule has 0 fully saturated rings. The average molecular weight is 490 g/mol. The van der Waals surface area contributed by atoms with Crippen molar-refractivity contribution in [3.8, 4) is 17.2 Å². The van der Waals surface area contributed by atoms with E-state index in [4.69, 9.17) is 9.47 Å². The zero-order valence-electron chi connectivity index (χ0n) is 18.2. The Morgan fingerprint density at radius 1 is 0.914 bits per heavy atom. The number of ketones is 1. The fourth-order valence-corrected chi connectivity index (χ4v) is 3.43. The molecule has 0 spiro atoms. The lowest BCUT2D eigenvalue weighted by Gasteiger charge is -2.11. The zero-order chi connectivity index (χ0) is 25.4. The van der Waals surface area contributed by atoms with Gasteiger partial charge in [0.1, 0.15) is 11.5 Å². The molecular weight excluding hydrogens is 475 g/mol. The second-order valence-electron chi connectivity index (χ2n) is 7.57. The van der Waals surface area contributed by atoms with Gasteiger partial charge in [-0.25, -0.2) is 18.0 Å². The van der Waals surface area contributed by atoms with Crippen LogP contribution in [0.3, 0.4) is 0 Å². The average Bonchev–Trinajstić information content (AvgIpc) is 3.13. The summed E-state index contributed by atoms with van der Waals surface area (Å²) < 4.78 is 82.2. The molecule has 0 atom stereocenters. The zero-order valence-corrected chi connectivity index (χ0v) is 18.2. The summed E-state index contributed by atoms with van der Waals surface area (Å²) in [5, 5.41) is 0. The molecule has 180 valence electrons. The summed E-state index contributed by atoms with van der Waals surface area (Å²) in [6.45, 7) is 2.29. The molecule has 0 saturated carbocycles. The number of aryl methyl sites for hydroxylation is 2. The normalized spacial score (nSPS) is 13.6. The quantitative estimate of drug-likeness (QED) is 0.116. The molecule has 0 unspecified atom stereocenters. The molecule has 0 saturated heterocycles. The summed E-state index contributed by atoms with van der Waals surface area (Å²) in [5.41, 5.74) is 2.39. The molecule has 35 heavy (non-hydrogen) atoms. The molecule has 0 aromatic heterocycles. The molecule has 0 aliphatic carbocycles. The van der Waals surface area contributed by atoms with Crippen LogP contribution in [0.2, 0.25) is 0 Å². The van der Waals surface area contributed by atoms with Crippen LogP contribution in [-0.4, -0.2) is 18.4 Å². The third-order valence-electron chi connectivity index (χ3n) is 5.15. The third kappa shape index (κ3) is 4.46. The van der Waals surface area contributed by atoms with E-state index in [2.05, 4.69) is 4.74 Å². The van der Waals surface area contributed by atoms with E-state index in [-0.39, 0.29) is 28.6 Å². The summed E-state index contributed by atoms with van der Waals surface area (Å²) >= 11 is 0. The molecule has 10 heteroatoms. The minimum Gasteiger partial charge on any atom is -0.476 e. The van der Waals surface area contributed by atoms with Crippen molar-refractivity contribution in [2.24, 2.45) is 0 Å². The van der Waals surface area contributed by atoms with Crippen LogP contribution >= 0.6 is 0 Å². The Balaban J connectivity index is 1.51. The summed E-state index contributed by atoms with van der Waals surface area (Å²) in [6.07, 6.45) is 1.58. The molecule has 0 amide bonds. The molecule has 3 aromatic rings. The Bertz CT molecular complexity index is 1380. The highest BCUT2D eigenvalue weighted by atomic mass is 19.2. The van der Waals surface area contributed by atoms with Crippen molar-refractivity contribution in [2.75, 3.05) is 6.61 Å². The summed E-state index contributed by atoms with van der Waals surface area (Å²) in [4.78, 5) is 24.9. The first-order valence-electron chi connectivity index (χ1n) is 10.1. The lowest BCUT2D eigenvalue weighted by molar-refractivity contribution is -0.136. The van der Waals surface area contributed by atoms with E-state index >= 15 is 0 Å². The van der Waals surface area contributed by atoms with E-state index in [9.17, 15) is 31.5 Å². The lowest BCUT2D eigenvalue weighted by atomic mass is 10.0. The maximum Gasteiger partial charge on any atom is 0.349 e. The second kappa shape index (κ2) is 9.21. The van der Waals surface area contributed by atoms with Crippen LogP contribution in [0.4, 0.5) is 22.0 Å². The Hall–Kier alpha value is -4.21. The molecule has 1 heterocycles. The van der Waals surface area contributed by atoms with Gasteiger partial charge >= 0.3 is 5.97 Å². The van der Waals surface area contributed by atoms with Crippen LogP contribution in [0.15, 0.2) is 42.2 Å². The predicted molar refractivity (Wildman–Crippen MR) is 113 cm³/mol. The van der Waals surface area contributed by atoms with Gasteiger partial charge < -0.3 is 14.2 Å². The van der Waals surface area contributed by atoms with E-state index in [1.54, 1.807) is 13.0 Å². The molecule has 0 radical (unpaired) electrons. The third-order valence-corrected chi connectivity index (χ3v) is 5.15. The van der Waals surface area contributed by atoms with Gasteiger partial charge in [0.05, 0.1) is 5.56 Å². The van der Waals surface area contributed by atoms with Gasteiger partial charge in [0.25, 0.3) is 0 Å². The number of halogens is 5. The number of carbonyl (C=O) groups is 2. The van der Waals surface area contributed by atoms with Gasteiger partial charge in [-0.15, -0.1) is 0 Å². The standard InChI is InChI=1S/C25H15F5O5/c1-11-5-3-4-6-13(11)8-16-24(32)18-12(2)7-14(9-15(18)35-16)34-17(31)10-33-25-22(29)20(27)19(26)21(28)23(25)30/h3-9H,10H2,1-2H3/b16-8-. The number of carbonyl (C=O) groups excluding carboxylic acids is 2. The van der Waals surface area contributed by atoms with Crippen LogP contribution in [0, 0.1) is 42.9 Å². The number of benzene rings is 3. The largest absolute Gasteiger partial charge is 0.476 e.